The fourth-order valence-electron chi connectivity index (χ4n) is 2.70. The van der Waals surface area contributed by atoms with Gasteiger partial charge in [0.15, 0.2) is 0 Å². The number of nitro benzene ring substituents is 1. The van der Waals surface area contributed by atoms with Gasteiger partial charge in [-0.25, -0.2) is 4.98 Å². The molecule has 0 aliphatic heterocycles. The maximum atomic E-state index is 11.0. The Labute approximate surface area is 124 Å². The Hall–Kier alpha value is -1.69. The van der Waals surface area contributed by atoms with Crippen molar-refractivity contribution in [2.75, 3.05) is 0 Å². The smallest absolute Gasteiger partial charge is 0.273 e. The lowest BCUT2D eigenvalue weighted by Crippen LogP contribution is -2.07. The van der Waals surface area contributed by atoms with E-state index in [0.717, 1.165) is 24.2 Å². The average molecular weight is 336 g/mol. The third kappa shape index (κ3) is 2.24. The van der Waals surface area contributed by atoms with Crippen molar-refractivity contribution in [3.8, 4) is 5.69 Å². The number of nitrogens with zero attached hydrogens (tertiary/aromatic N) is 3. The summed E-state index contributed by atoms with van der Waals surface area (Å²) in [6.45, 7) is 0. The monoisotopic (exact) mass is 335 g/mol. The minimum atomic E-state index is -0.344. The zero-order valence-electron chi connectivity index (χ0n) is 10.9. The third-order valence-electron chi connectivity index (χ3n) is 3.71. The topological polar surface area (TPSA) is 61.0 Å². The van der Waals surface area contributed by atoms with Gasteiger partial charge in [0.05, 0.1) is 16.9 Å². The number of imidazole rings is 1. The summed E-state index contributed by atoms with van der Waals surface area (Å²) in [6, 6.07) is 5.23. The molecular weight excluding hydrogens is 322 g/mol. The lowest BCUT2D eigenvalue weighted by Gasteiger charge is -2.14. The van der Waals surface area contributed by atoms with E-state index in [2.05, 4.69) is 25.5 Å². The number of aryl methyl sites for hydroxylation is 1. The van der Waals surface area contributed by atoms with Crippen LogP contribution in [0.5, 0.6) is 0 Å². The fourth-order valence-corrected chi connectivity index (χ4v) is 3.15. The van der Waals surface area contributed by atoms with E-state index in [0.29, 0.717) is 10.9 Å². The second-order valence-corrected chi connectivity index (χ2v) is 5.48. The summed E-state index contributed by atoms with van der Waals surface area (Å²) in [6.07, 6.45) is 6.25. The van der Waals surface area contributed by atoms with Gasteiger partial charge in [-0.1, -0.05) is 15.9 Å². The Morgan fingerprint density at radius 3 is 2.90 bits per heavy atom. The molecule has 0 radical (unpaired) electrons. The first kappa shape index (κ1) is 13.3. The number of rotatable bonds is 3. The first-order valence-corrected chi connectivity index (χ1v) is 7.71. The minimum Gasteiger partial charge on any atom is -0.303 e. The molecule has 1 aliphatic rings. The Bertz CT molecular complexity index is 666. The second kappa shape index (κ2) is 5.36. The third-order valence-corrected chi connectivity index (χ3v) is 4.32. The van der Waals surface area contributed by atoms with Crippen LogP contribution in [0, 0.1) is 10.1 Å². The van der Waals surface area contributed by atoms with Gasteiger partial charge >= 0.3 is 0 Å². The van der Waals surface area contributed by atoms with Crippen LogP contribution in [0.25, 0.3) is 5.69 Å². The molecule has 0 amide bonds. The molecule has 3 rings (SSSR count). The van der Waals surface area contributed by atoms with Gasteiger partial charge in [0.25, 0.3) is 5.69 Å². The van der Waals surface area contributed by atoms with E-state index in [1.54, 1.807) is 12.1 Å². The van der Waals surface area contributed by atoms with Gasteiger partial charge < -0.3 is 4.57 Å². The molecule has 0 saturated heterocycles. The standard InChI is InChI=1S/C14H14BrN3O2/c15-8-10-7-11(5-6-13(10)18(19)20)17-9-16-12-3-1-2-4-14(12)17/h5-7,9H,1-4,8H2. The maximum Gasteiger partial charge on any atom is 0.273 e. The van der Waals surface area contributed by atoms with Crippen LogP contribution in [0.15, 0.2) is 24.5 Å². The lowest BCUT2D eigenvalue weighted by atomic mass is 10.0. The summed E-state index contributed by atoms with van der Waals surface area (Å²) in [5, 5.41) is 11.4. The SMILES string of the molecule is O=[N+]([O-])c1ccc(-n2cnc3c2CCCC3)cc1CBr. The van der Waals surface area contributed by atoms with Crippen molar-refractivity contribution in [2.24, 2.45) is 0 Å². The molecular formula is C14H14BrN3O2. The molecule has 0 spiro atoms. The highest BCUT2D eigenvalue weighted by molar-refractivity contribution is 9.08. The number of hydrogen-bond donors (Lipinski definition) is 0. The maximum absolute atomic E-state index is 11.0. The molecule has 1 aromatic heterocycles. The summed E-state index contributed by atoms with van der Waals surface area (Å²) < 4.78 is 2.06. The van der Waals surface area contributed by atoms with E-state index >= 15 is 0 Å². The van der Waals surface area contributed by atoms with Gasteiger partial charge in [0.2, 0.25) is 0 Å². The fraction of sp³-hybridized carbons (Fsp3) is 0.357. The van der Waals surface area contributed by atoms with Crippen molar-refractivity contribution < 1.29 is 4.92 Å². The zero-order chi connectivity index (χ0) is 14.1. The molecule has 104 valence electrons. The van der Waals surface area contributed by atoms with Crippen molar-refractivity contribution >= 4 is 21.6 Å². The van der Waals surface area contributed by atoms with E-state index in [1.807, 2.05) is 12.4 Å². The van der Waals surface area contributed by atoms with Gasteiger partial charge in [0.1, 0.15) is 0 Å². The number of benzene rings is 1. The normalized spacial score (nSPS) is 14.1. The van der Waals surface area contributed by atoms with Crippen molar-refractivity contribution in [1.29, 1.82) is 0 Å². The van der Waals surface area contributed by atoms with Gasteiger partial charge in [-0.3, -0.25) is 10.1 Å². The highest BCUT2D eigenvalue weighted by Crippen LogP contribution is 2.27. The van der Waals surface area contributed by atoms with E-state index in [-0.39, 0.29) is 10.6 Å². The molecule has 0 saturated carbocycles. The van der Waals surface area contributed by atoms with Gasteiger partial charge in [-0.05, 0) is 37.8 Å². The van der Waals surface area contributed by atoms with Crippen molar-refractivity contribution in [3.63, 3.8) is 0 Å². The van der Waals surface area contributed by atoms with Gasteiger partial charge in [0, 0.05) is 28.3 Å². The highest BCUT2D eigenvalue weighted by Gasteiger charge is 2.18. The van der Waals surface area contributed by atoms with Crippen LogP contribution in [0.2, 0.25) is 0 Å². The Balaban J connectivity index is 2.06. The van der Waals surface area contributed by atoms with E-state index in [4.69, 9.17) is 0 Å². The van der Waals surface area contributed by atoms with Crippen LogP contribution in [0.1, 0.15) is 29.8 Å². The van der Waals surface area contributed by atoms with Crippen LogP contribution < -0.4 is 0 Å². The molecule has 0 N–H and O–H groups in total. The zero-order valence-corrected chi connectivity index (χ0v) is 12.5. The van der Waals surface area contributed by atoms with E-state index in [1.165, 1.54) is 18.5 Å². The number of fused-ring (bicyclic) bond motifs is 1. The molecule has 1 heterocycles. The second-order valence-electron chi connectivity index (χ2n) is 4.92. The average Bonchev–Trinajstić information content (AvgIpc) is 2.90. The Morgan fingerprint density at radius 2 is 2.15 bits per heavy atom. The molecule has 1 aromatic carbocycles. The number of aromatic nitrogens is 2. The summed E-state index contributed by atoms with van der Waals surface area (Å²) in [7, 11) is 0. The minimum absolute atomic E-state index is 0.152. The van der Waals surface area contributed by atoms with Crippen molar-refractivity contribution in [1.82, 2.24) is 9.55 Å². The molecule has 1 aliphatic carbocycles. The molecule has 20 heavy (non-hydrogen) atoms. The van der Waals surface area contributed by atoms with Gasteiger partial charge in [-0.15, -0.1) is 0 Å². The molecule has 0 bridgehead atoms. The first-order valence-electron chi connectivity index (χ1n) is 6.59. The van der Waals surface area contributed by atoms with E-state index < -0.39 is 0 Å². The van der Waals surface area contributed by atoms with Crippen molar-refractivity contribution in [3.05, 3.63) is 51.6 Å². The molecule has 0 unspecified atom stereocenters. The number of nitro groups is 1. The summed E-state index contributed by atoms with van der Waals surface area (Å²) in [5.41, 5.74) is 4.19. The molecule has 0 fully saturated rings. The number of alkyl halides is 1. The molecule has 2 aromatic rings. The van der Waals surface area contributed by atoms with E-state index in [9.17, 15) is 10.1 Å². The van der Waals surface area contributed by atoms with Crippen molar-refractivity contribution in [2.45, 2.75) is 31.0 Å². The van der Waals surface area contributed by atoms with Crippen LogP contribution in [0.3, 0.4) is 0 Å². The first-order chi connectivity index (χ1) is 9.70. The summed E-state index contributed by atoms with van der Waals surface area (Å²) >= 11 is 3.32. The summed E-state index contributed by atoms with van der Waals surface area (Å²) in [5.74, 6) is 0. The Kier molecular flexibility index (Phi) is 3.56. The molecule has 0 atom stereocenters. The number of hydrogen-bond acceptors (Lipinski definition) is 3. The lowest BCUT2D eigenvalue weighted by molar-refractivity contribution is -0.385. The van der Waals surface area contributed by atoms with Crippen LogP contribution in [-0.4, -0.2) is 14.5 Å². The van der Waals surface area contributed by atoms with Crippen LogP contribution >= 0.6 is 15.9 Å². The van der Waals surface area contributed by atoms with Gasteiger partial charge in [-0.2, -0.15) is 0 Å². The molecule has 6 heteroatoms. The van der Waals surface area contributed by atoms with Crippen LogP contribution in [-0.2, 0) is 18.2 Å². The predicted octanol–water partition coefficient (Wildman–Crippen LogP) is 3.55. The summed E-state index contributed by atoms with van der Waals surface area (Å²) in [4.78, 5) is 15.1. The molecule has 5 nitrogen and oxygen atoms in total. The highest BCUT2D eigenvalue weighted by atomic mass is 79.9. The largest absolute Gasteiger partial charge is 0.303 e. The predicted molar refractivity (Wildman–Crippen MR) is 79.5 cm³/mol. The quantitative estimate of drug-likeness (QED) is 0.489. The number of halogens is 1. The van der Waals surface area contributed by atoms with Crippen LogP contribution in [0.4, 0.5) is 5.69 Å². The Morgan fingerprint density at radius 1 is 1.35 bits per heavy atom.